The first-order chi connectivity index (χ1) is 15.1. The minimum atomic E-state index is -0.192. The van der Waals surface area contributed by atoms with Crippen LogP contribution in [0.5, 0.6) is 0 Å². The molecule has 5 heteroatoms. The van der Waals surface area contributed by atoms with Crippen LogP contribution in [-0.2, 0) is 17.7 Å². The number of carbonyl (C=O) groups excluding carboxylic acids is 1. The van der Waals surface area contributed by atoms with Gasteiger partial charge in [-0.15, -0.1) is 0 Å². The van der Waals surface area contributed by atoms with E-state index in [4.69, 9.17) is 4.74 Å². The number of allylic oxidation sites excluding steroid dienone is 2. The molecule has 3 N–H and O–H groups in total. The smallest absolute Gasteiger partial charge is 0.319 e. The van der Waals surface area contributed by atoms with Crippen molar-refractivity contribution < 1.29 is 9.53 Å². The third-order valence-electron chi connectivity index (χ3n) is 6.02. The second-order valence-corrected chi connectivity index (χ2v) is 8.58. The Morgan fingerprint density at radius 3 is 2.39 bits per heavy atom. The van der Waals surface area contributed by atoms with E-state index in [2.05, 4.69) is 54.1 Å². The summed E-state index contributed by atoms with van der Waals surface area (Å²) in [7, 11) is 0. The summed E-state index contributed by atoms with van der Waals surface area (Å²) in [5, 5.41) is 9.56. The molecule has 0 spiro atoms. The quantitative estimate of drug-likeness (QED) is 0.532. The van der Waals surface area contributed by atoms with Gasteiger partial charge in [0.2, 0.25) is 0 Å². The molecule has 2 aliphatic carbocycles. The molecule has 2 aliphatic rings. The molecule has 0 aromatic heterocycles. The Kier molecular flexibility index (Phi) is 6.92. The maximum atomic E-state index is 12.2. The number of urea groups is 1. The lowest BCUT2D eigenvalue weighted by Crippen LogP contribution is -2.28. The zero-order valence-corrected chi connectivity index (χ0v) is 18.5. The Morgan fingerprint density at radius 2 is 1.74 bits per heavy atom. The molecular formula is C26H33N3O2. The number of hydrogen-bond donors (Lipinski definition) is 3. The Labute approximate surface area is 185 Å². The highest BCUT2D eigenvalue weighted by Crippen LogP contribution is 2.33. The SMILES string of the molecule is CCOC1CC1NC(Cc1ccc(NC(=O)NCc2ccc(C)cc2)cc1)=C1CCC1. The van der Waals surface area contributed by atoms with Gasteiger partial charge in [0.15, 0.2) is 0 Å². The van der Waals surface area contributed by atoms with E-state index in [0.717, 1.165) is 30.7 Å². The number of aryl methyl sites for hydroxylation is 1. The monoisotopic (exact) mass is 419 g/mol. The summed E-state index contributed by atoms with van der Waals surface area (Å²) < 4.78 is 5.72. The van der Waals surface area contributed by atoms with Crippen molar-refractivity contribution in [3.05, 3.63) is 76.5 Å². The number of benzene rings is 2. The van der Waals surface area contributed by atoms with Gasteiger partial charge in [-0.05, 0) is 62.8 Å². The molecule has 0 radical (unpaired) electrons. The molecule has 0 saturated heterocycles. The van der Waals surface area contributed by atoms with Crippen LogP contribution in [0, 0.1) is 6.92 Å². The van der Waals surface area contributed by atoms with Crippen molar-refractivity contribution in [2.24, 2.45) is 0 Å². The van der Waals surface area contributed by atoms with E-state index in [1.165, 1.54) is 36.1 Å². The van der Waals surface area contributed by atoms with Gasteiger partial charge in [-0.2, -0.15) is 0 Å². The number of rotatable bonds is 9. The number of hydrogen-bond acceptors (Lipinski definition) is 3. The first-order valence-electron chi connectivity index (χ1n) is 11.4. The van der Waals surface area contributed by atoms with E-state index in [0.29, 0.717) is 18.7 Å². The largest absolute Gasteiger partial charge is 0.383 e. The molecule has 2 amide bonds. The number of ether oxygens (including phenoxy) is 1. The lowest BCUT2D eigenvalue weighted by atomic mass is 9.88. The van der Waals surface area contributed by atoms with E-state index in [1.807, 2.05) is 24.3 Å². The van der Waals surface area contributed by atoms with Crippen molar-refractivity contribution in [1.29, 1.82) is 0 Å². The molecule has 164 valence electrons. The van der Waals surface area contributed by atoms with Gasteiger partial charge in [0, 0.05) is 31.0 Å². The summed E-state index contributed by atoms with van der Waals surface area (Å²) in [5.41, 5.74) is 7.28. The number of carbonyl (C=O) groups is 1. The highest BCUT2D eigenvalue weighted by molar-refractivity contribution is 5.89. The van der Waals surface area contributed by atoms with Crippen molar-refractivity contribution in [1.82, 2.24) is 10.6 Å². The second kappa shape index (κ2) is 10.0. The maximum absolute atomic E-state index is 12.2. The first kappa shape index (κ1) is 21.4. The summed E-state index contributed by atoms with van der Waals surface area (Å²) in [5.74, 6) is 0. The van der Waals surface area contributed by atoms with E-state index in [-0.39, 0.29) is 6.03 Å². The van der Waals surface area contributed by atoms with E-state index in [9.17, 15) is 4.79 Å². The summed E-state index contributed by atoms with van der Waals surface area (Å²) in [4.78, 5) is 12.2. The van der Waals surface area contributed by atoms with Gasteiger partial charge in [-0.1, -0.05) is 47.5 Å². The highest BCUT2D eigenvalue weighted by Gasteiger charge is 2.38. The van der Waals surface area contributed by atoms with Crippen molar-refractivity contribution in [2.75, 3.05) is 11.9 Å². The van der Waals surface area contributed by atoms with Crippen LogP contribution < -0.4 is 16.0 Å². The average molecular weight is 420 g/mol. The predicted molar refractivity (Wildman–Crippen MR) is 125 cm³/mol. The van der Waals surface area contributed by atoms with Gasteiger partial charge >= 0.3 is 6.03 Å². The molecule has 0 bridgehead atoms. The van der Waals surface area contributed by atoms with Crippen LogP contribution in [0.15, 0.2) is 59.8 Å². The molecule has 2 fully saturated rings. The second-order valence-electron chi connectivity index (χ2n) is 8.58. The molecule has 4 rings (SSSR count). The molecule has 2 saturated carbocycles. The van der Waals surface area contributed by atoms with Gasteiger partial charge in [0.25, 0.3) is 0 Å². The molecule has 0 aliphatic heterocycles. The van der Waals surface area contributed by atoms with Crippen molar-refractivity contribution >= 4 is 11.7 Å². The average Bonchev–Trinajstić information content (AvgIpc) is 3.45. The maximum Gasteiger partial charge on any atom is 0.319 e. The molecule has 2 atom stereocenters. The molecule has 2 aromatic carbocycles. The normalized spacial score (nSPS) is 19.4. The minimum absolute atomic E-state index is 0.192. The van der Waals surface area contributed by atoms with E-state index in [1.54, 1.807) is 5.57 Å². The molecule has 0 heterocycles. The van der Waals surface area contributed by atoms with Crippen molar-refractivity contribution in [2.45, 2.75) is 64.6 Å². The van der Waals surface area contributed by atoms with Crippen LogP contribution in [0.1, 0.15) is 49.3 Å². The minimum Gasteiger partial charge on any atom is -0.383 e. The third kappa shape index (κ3) is 6.11. The predicted octanol–water partition coefficient (Wildman–Crippen LogP) is 5.06. The Balaban J connectivity index is 1.28. The summed E-state index contributed by atoms with van der Waals surface area (Å²) in [6.07, 6.45) is 6.08. The van der Waals surface area contributed by atoms with E-state index >= 15 is 0 Å². The molecule has 2 aromatic rings. The van der Waals surface area contributed by atoms with Gasteiger partial charge in [0.1, 0.15) is 0 Å². The summed E-state index contributed by atoms with van der Waals surface area (Å²) in [6.45, 7) is 5.40. The lowest BCUT2D eigenvalue weighted by molar-refractivity contribution is 0.126. The zero-order chi connectivity index (χ0) is 21.6. The van der Waals surface area contributed by atoms with Crippen LogP contribution in [0.2, 0.25) is 0 Å². The molecular weight excluding hydrogens is 386 g/mol. The van der Waals surface area contributed by atoms with E-state index < -0.39 is 0 Å². The highest BCUT2D eigenvalue weighted by atomic mass is 16.5. The van der Waals surface area contributed by atoms with Crippen molar-refractivity contribution in [3.63, 3.8) is 0 Å². The fourth-order valence-electron chi connectivity index (χ4n) is 3.85. The number of amides is 2. The Bertz CT molecular complexity index is 913. The molecule has 2 unspecified atom stereocenters. The summed E-state index contributed by atoms with van der Waals surface area (Å²) in [6, 6.07) is 16.6. The lowest BCUT2D eigenvalue weighted by Gasteiger charge is -2.24. The molecule has 31 heavy (non-hydrogen) atoms. The van der Waals surface area contributed by atoms with Crippen LogP contribution >= 0.6 is 0 Å². The van der Waals surface area contributed by atoms with Crippen molar-refractivity contribution in [3.8, 4) is 0 Å². The number of nitrogens with one attached hydrogen (secondary N) is 3. The zero-order valence-electron chi connectivity index (χ0n) is 18.5. The summed E-state index contributed by atoms with van der Waals surface area (Å²) >= 11 is 0. The fourth-order valence-corrected chi connectivity index (χ4v) is 3.85. The standard InChI is InChI=1S/C26H33N3O2/c1-3-31-25-16-24(25)29-23(21-5-4-6-21)15-19-11-13-22(14-12-19)28-26(30)27-17-20-9-7-18(2)8-10-20/h7-14,24-25,29H,3-6,15-17H2,1-2H3,(H2,27,28,30). The van der Waals surface area contributed by atoms with Crippen LogP contribution in [0.4, 0.5) is 10.5 Å². The Hall–Kier alpha value is -2.79. The fraction of sp³-hybridized carbons (Fsp3) is 0.423. The van der Waals surface area contributed by atoms with Gasteiger partial charge in [-0.3, -0.25) is 0 Å². The van der Waals surface area contributed by atoms with Gasteiger partial charge in [-0.25, -0.2) is 4.79 Å². The Morgan fingerprint density at radius 1 is 1.03 bits per heavy atom. The van der Waals surface area contributed by atoms with Gasteiger partial charge in [0.05, 0.1) is 12.1 Å². The molecule has 5 nitrogen and oxygen atoms in total. The topological polar surface area (TPSA) is 62.4 Å². The van der Waals surface area contributed by atoms with Crippen LogP contribution in [-0.4, -0.2) is 24.8 Å². The third-order valence-corrected chi connectivity index (χ3v) is 6.02. The first-order valence-corrected chi connectivity index (χ1v) is 11.4. The van der Waals surface area contributed by atoms with Crippen LogP contribution in [0.3, 0.4) is 0 Å². The number of anilines is 1. The van der Waals surface area contributed by atoms with Gasteiger partial charge < -0.3 is 20.7 Å². The van der Waals surface area contributed by atoms with Crippen LogP contribution in [0.25, 0.3) is 0 Å².